The van der Waals surface area contributed by atoms with E-state index in [0.717, 1.165) is 23.7 Å². The Morgan fingerprint density at radius 2 is 1.75 bits per heavy atom. The van der Waals surface area contributed by atoms with Gasteiger partial charge in [0.2, 0.25) is 0 Å². The van der Waals surface area contributed by atoms with E-state index < -0.39 is 0 Å². The molecule has 0 atom stereocenters. The van der Waals surface area contributed by atoms with E-state index in [1.165, 1.54) is 0 Å². The second-order valence-corrected chi connectivity index (χ2v) is 3.78. The Morgan fingerprint density at radius 1 is 1.12 bits per heavy atom. The van der Waals surface area contributed by atoms with E-state index in [9.17, 15) is 4.79 Å². The molecule has 1 saturated heterocycles. The highest BCUT2D eigenvalue weighted by Gasteiger charge is 2.20. The minimum atomic E-state index is 0.279. The SMILES string of the molecule is COc1cc(OC)cc(N2CCC(=O)C2)c1. The van der Waals surface area contributed by atoms with Crippen LogP contribution >= 0.6 is 0 Å². The molecule has 1 heterocycles. The number of Topliss-reactive ketones (excluding diaryl/α,β-unsaturated/α-hetero) is 1. The number of hydrogen-bond acceptors (Lipinski definition) is 4. The van der Waals surface area contributed by atoms with Gasteiger partial charge in [-0.2, -0.15) is 0 Å². The molecule has 1 fully saturated rings. The first-order valence-corrected chi connectivity index (χ1v) is 5.22. The Bertz CT molecular complexity index is 381. The van der Waals surface area contributed by atoms with Crippen molar-refractivity contribution in [3.63, 3.8) is 0 Å². The zero-order chi connectivity index (χ0) is 11.5. The van der Waals surface area contributed by atoms with Crippen LogP contribution in [0.2, 0.25) is 0 Å². The van der Waals surface area contributed by atoms with Crippen LogP contribution in [0.4, 0.5) is 5.69 Å². The minimum absolute atomic E-state index is 0.279. The van der Waals surface area contributed by atoms with Crippen LogP contribution in [0, 0.1) is 0 Å². The molecule has 1 aromatic carbocycles. The van der Waals surface area contributed by atoms with Crippen molar-refractivity contribution in [2.75, 3.05) is 32.2 Å². The monoisotopic (exact) mass is 221 g/mol. The summed E-state index contributed by atoms with van der Waals surface area (Å²) < 4.78 is 10.4. The predicted molar refractivity (Wildman–Crippen MR) is 61.4 cm³/mol. The quantitative estimate of drug-likeness (QED) is 0.775. The summed E-state index contributed by atoms with van der Waals surface area (Å²) in [5, 5.41) is 0. The molecule has 1 aromatic rings. The number of methoxy groups -OCH3 is 2. The van der Waals surface area contributed by atoms with Crippen molar-refractivity contribution in [1.29, 1.82) is 0 Å². The highest BCUT2D eigenvalue weighted by atomic mass is 16.5. The van der Waals surface area contributed by atoms with E-state index in [0.29, 0.717) is 13.0 Å². The third-order valence-electron chi connectivity index (χ3n) is 2.73. The Hall–Kier alpha value is -1.71. The van der Waals surface area contributed by atoms with Crippen molar-refractivity contribution in [3.8, 4) is 11.5 Å². The lowest BCUT2D eigenvalue weighted by molar-refractivity contribution is -0.116. The molecule has 0 aliphatic carbocycles. The van der Waals surface area contributed by atoms with Gasteiger partial charge < -0.3 is 14.4 Å². The molecule has 0 spiro atoms. The number of hydrogen-bond donors (Lipinski definition) is 0. The molecule has 86 valence electrons. The van der Waals surface area contributed by atoms with Gasteiger partial charge in [0.05, 0.1) is 20.8 Å². The summed E-state index contributed by atoms with van der Waals surface area (Å²) in [6.45, 7) is 1.26. The van der Waals surface area contributed by atoms with E-state index >= 15 is 0 Å². The number of anilines is 1. The summed E-state index contributed by atoms with van der Waals surface area (Å²) in [4.78, 5) is 13.3. The van der Waals surface area contributed by atoms with E-state index in [1.807, 2.05) is 23.1 Å². The van der Waals surface area contributed by atoms with Crippen molar-refractivity contribution in [1.82, 2.24) is 0 Å². The van der Waals surface area contributed by atoms with Gasteiger partial charge in [-0.3, -0.25) is 4.79 Å². The highest BCUT2D eigenvalue weighted by Crippen LogP contribution is 2.29. The first-order chi connectivity index (χ1) is 7.72. The van der Waals surface area contributed by atoms with Crippen LogP contribution in [-0.4, -0.2) is 33.1 Å². The first kappa shape index (κ1) is 10.8. The fourth-order valence-corrected chi connectivity index (χ4v) is 1.83. The molecule has 0 radical (unpaired) electrons. The molecule has 0 N–H and O–H groups in total. The Kier molecular flexibility index (Phi) is 2.99. The van der Waals surface area contributed by atoms with Gasteiger partial charge in [-0.1, -0.05) is 0 Å². The third-order valence-corrected chi connectivity index (χ3v) is 2.73. The van der Waals surface area contributed by atoms with Crippen molar-refractivity contribution >= 4 is 11.5 Å². The largest absolute Gasteiger partial charge is 0.497 e. The summed E-state index contributed by atoms with van der Waals surface area (Å²) >= 11 is 0. The molecule has 0 amide bonds. The summed E-state index contributed by atoms with van der Waals surface area (Å²) in [6, 6.07) is 5.66. The average Bonchev–Trinajstić information content (AvgIpc) is 2.75. The third kappa shape index (κ3) is 2.10. The van der Waals surface area contributed by atoms with Crippen molar-refractivity contribution < 1.29 is 14.3 Å². The summed E-state index contributed by atoms with van der Waals surface area (Å²) in [5.74, 6) is 1.77. The van der Waals surface area contributed by atoms with Crippen molar-refractivity contribution in [2.24, 2.45) is 0 Å². The van der Waals surface area contributed by atoms with Crippen LogP contribution in [0.15, 0.2) is 18.2 Å². The zero-order valence-electron chi connectivity index (χ0n) is 9.53. The van der Waals surface area contributed by atoms with Gasteiger partial charge in [0.15, 0.2) is 5.78 Å². The van der Waals surface area contributed by atoms with Crippen molar-refractivity contribution in [2.45, 2.75) is 6.42 Å². The van der Waals surface area contributed by atoms with Crippen LogP contribution < -0.4 is 14.4 Å². The molecule has 0 aromatic heterocycles. The smallest absolute Gasteiger partial charge is 0.153 e. The van der Waals surface area contributed by atoms with Crippen LogP contribution in [-0.2, 0) is 4.79 Å². The summed E-state index contributed by atoms with van der Waals surface area (Å²) in [5.41, 5.74) is 0.974. The number of nitrogens with zero attached hydrogens (tertiary/aromatic N) is 1. The van der Waals surface area contributed by atoms with Gasteiger partial charge in [-0.25, -0.2) is 0 Å². The maximum atomic E-state index is 11.2. The fourth-order valence-electron chi connectivity index (χ4n) is 1.83. The molecule has 1 aliphatic rings. The van der Waals surface area contributed by atoms with Crippen LogP contribution in [0.1, 0.15) is 6.42 Å². The van der Waals surface area contributed by atoms with Gasteiger partial charge in [0.25, 0.3) is 0 Å². The minimum Gasteiger partial charge on any atom is -0.497 e. The molecule has 16 heavy (non-hydrogen) atoms. The molecular formula is C12H15NO3. The molecule has 0 unspecified atom stereocenters. The average molecular weight is 221 g/mol. The maximum Gasteiger partial charge on any atom is 0.153 e. The molecule has 0 bridgehead atoms. The lowest BCUT2D eigenvalue weighted by Gasteiger charge is -2.18. The first-order valence-electron chi connectivity index (χ1n) is 5.22. The molecule has 0 saturated carbocycles. The lowest BCUT2D eigenvalue weighted by Crippen LogP contribution is -2.19. The van der Waals surface area contributed by atoms with Gasteiger partial charge in [-0.05, 0) is 0 Å². The second-order valence-electron chi connectivity index (χ2n) is 3.78. The molecular weight excluding hydrogens is 206 g/mol. The van der Waals surface area contributed by atoms with E-state index in [4.69, 9.17) is 9.47 Å². The van der Waals surface area contributed by atoms with E-state index in [-0.39, 0.29) is 5.78 Å². The molecule has 4 heteroatoms. The molecule has 4 nitrogen and oxygen atoms in total. The van der Waals surface area contributed by atoms with Crippen molar-refractivity contribution in [3.05, 3.63) is 18.2 Å². The van der Waals surface area contributed by atoms with E-state index in [1.54, 1.807) is 14.2 Å². The summed E-state index contributed by atoms with van der Waals surface area (Å²) in [7, 11) is 3.24. The summed E-state index contributed by atoms with van der Waals surface area (Å²) in [6.07, 6.45) is 0.625. The van der Waals surface area contributed by atoms with Gasteiger partial charge in [0, 0.05) is 36.9 Å². The normalized spacial score (nSPS) is 15.4. The number of rotatable bonds is 3. The Morgan fingerprint density at radius 3 is 2.19 bits per heavy atom. The maximum absolute atomic E-state index is 11.2. The number of ketones is 1. The van der Waals surface area contributed by atoms with Crippen LogP contribution in [0.5, 0.6) is 11.5 Å². The number of carbonyl (C=O) groups is 1. The van der Waals surface area contributed by atoms with Gasteiger partial charge in [-0.15, -0.1) is 0 Å². The zero-order valence-corrected chi connectivity index (χ0v) is 9.53. The van der Waals surface area contributed by atoms with Crippen LogP contribution in [0.3, 0.4) is 0 Å². The number of ether oxygens (including phenoxy) is 2. The second kappa shape index (κ2) is 4.43. The van der Waals surface area contributed by atoms with Crippen LogP contribution in [0.25, 0.3) is 0 Å². The lowest BCUT2D eigenvalue weighted by atomic mass is 10.2. The van der Waals surface area contributed by atoms with E-state index in [2.05, 4.69) is 0 Å². The van der Waals surface area contributed by atoms with Gasteiger partial charge >= 0.3 is 0 Å². The van der Waals surface area contributed by atoms with Gasteiger partial charge in [0.1, 0.15) is 11.5 Å². The number of carbonyl (C=O) groups excluding carboxylic acids is 1. The highest BCUT2D eigenvalue weighted by molar-refractivity contribution is 5.87. The number of benzene rings is 1. The Labute approximate surface area is 94.8 Å². The predicted octanol–water partition coefficient (Wildman–Crippen LogP) is 1.48. The Balaban J connectivity index is 2.29. The molecule has 1 aliphatic heterocycles. The standard InChI is InChI=1S/C12H15NO3/c1-15-11-5-9(6-12(7-11)16-2)13-4-3-10(14)8-13/h5-7H,3-4,8H2,1-2H3. The topological polar surface area (TPSA) is 38.8 Å². The molecule has 2 rings (SSSR count). The fraction of sp³-hybridized carbons (Fsp3) is 0.417.